The van der Waals surface area contributed by atoms with Crippen LogP contribution in [0, 0.1) is 6.92 Å². The number of nitrogens with one attached hydrogen (secondary N) is 3. The fraction of sp³-hybridized carbons (Fsp3) is 0.333. The summed E-state index contributed by atoms with van der Waals surface area (Å²) in [7, 11) is 0. The van der Waals surface area contributed by atoms with Crippen LogP contribution in [0.4, 0.5) is 0 Å². The first-order valence-corrected chi connectivity index (χ1v) is 6.98. The fourth-order valence-electron chi connectivity index (χ4n) is 2.19. The maximum atomic E-state index is 12.0. The molecule has 7 nitrogen and oxygen atoms in total. The van der Waals surface area contributed by atoms with Crippen LogP contribution >= 0.6 is 0 Å². The van der Waals surface area contributed by atoms with Crippen LogP contribution in [0.25, 0.3) is 0 Å². The Morgan fingerprint density at radius 3 is 2.77 bits per heavy atom. The lowest BCUT2D eigenvalue weighted by Gasteiger charge is -2.13. The number of aromatic amines is 2. The van der Waals surface area contributed by atoms with Crippen LogP contribution in [0.1, 0.15) is 36.2 Å². The zero-order valence-corrected chi connectivity index (χ0v) is 12.5. The molecule has 0 fully saturated rings. The standard InChI is InChI=1S/C15H18N4O3/c1-9(11-4-3-7-16-8-11)17-13(20)6-5-12-10(2)18-15(22)19-14(12)21/h3-4,7-9H,5-6H2,1-2H3,(H,17,20)(H2,18,19,21,22)/t9-/m1/s1. The maximum absolute atomic E-state index is 12.0. The Morgan fingerprint density at radius 1 is 1.36 bits per heavy atom. The molecular weight excluding hydrogens is 284 g/mol. The largest absolute Gasteiger partial charge is 0.350 e. The molecule has 0 bridgehead atoms. The lowest BCUT2D eigenvalue weighted by Crippen LogP contribution is -2.30. The zero-order valence-electron chi connectivity index (χ0n) is 12.5. The Morgan fingerprint density at radius 2 is 2.14 bits per heavy atom. The molecule has 0 aromatic carbocycles. The van der Waals surface area contributed by atoms with E-state index in [1.54, 1.807) is 25.4 Å². The summed E-state index contributed by atoms with van der Waals surface area (Å²) >= 11 is 0. The fourth-order valence-corrected chi connectivity index (χ4v) is 2.19. The molecule has 116 valence electrons. The van der Waals surface area contributed by atoms with Gasteiger partial charge in [0.25, 0.3) is 5.56 Å². The quantitative estimate of drug-likeness (QED) is 0.750. The van der Waals surface area contributed by atoms with Gasteiger partial charge in [0.15, 0.2) is 0 Å². The van der Waals surface area contributed by atoms with Gasteiger partial charge in [0.1, 0.15) is 0 Å². The van der Waals surface area contributed by atoms with Crippen molar-refractivity contribution in [2.75, 3.05) is 0 Å². The van der Waals surface area contributed by atoms with Crippen LogP contribution in [0.5, 0.6) is 0 Å². The molecule has 1 atom stereocenters. The lowest BCUT2D eigenvalue weighted by atomic mass is 10.1. The summed E-state index contributed by atoms with van der Waals surface area (Å²) in [6.07, 6.45) is 3.80. The van der Waals surface area contributed by atoms with Crippen molar-refractivity contribution < 1.29 is 4.79 Å². The van der Waals surface area contributed by atoms with Crippen molar-refractivity contribution in [3.8, 4) is 0 Å². The molecule has 2 aromatic heterocycles. The van der Waals surface area contributed by atoms with Crippen LogP contribution in [-0.2, 0) is 11.2 Å². The summed E-state index contributed by atoms with van der Waals surface area (Å²) in [5, 5.41) is 2.85. The Hall–Kier alpha value is -2.70. The Kier molecular flexibility index (Phi) is 4.88. The molecule has 2 heterocycles. The first-order valence-electron chi connectivity index (χ1n) is 6.98. The summed E-state index contributed by atoms with van der Waals surface area (Å²) in [5.41, 5.74) is 0.829. The number of hydrogen-bond acceptors (Lipinski definition) is 4. The van der Waals surface area contributed by atoms with Crippen molar-refractivity contribution in [3.05, 3.63) is 62.2 Å². The zero-order chi connectivity index (χ0) is 16.1. The molecule has 0 aliphatic heterocycles. The average molecular weight is 302 g/mol. The molecule has 2 rings (SSSR count). The van der Waals surface area contributed by atoms with E-state index >= 15 is 0 Å². The van der Waals surface area contributed by atoms with Crippen LogP contribution in [-0.4, -0.2) is 20.9 Å². The molecule has 3 N–H and O–H groups in total. The molecule has 0 radical (unpaired) electrons. The number of pyridine rings is 1. The minimum Gasteiger partial charge on any atom is -0.350 e. The van der Waals surface area contributed by atoms with Crippen molar-refractivity contribution in [2.24, 2.45) is 0 Å². The first-order chi connectivity index (χ1) is 10.5. The van der Waals surface area contributed by atoms with E-state index < -0.39 is 11.2 Å². The van der Waals surface area contributed by atoms with Gasteiger partial charge >= 0.3 is 5.69 Å². The van der Waals surface area contributed by atoms with Crippen molar-refractivity contribution in [3.63, 3.8) is 0 Å². The van der Waals surface area contributed by atoms with E-state index in [1.807, 2.05) is 13.0 Å². The number of carbonyl (C=O) groups excluding carboxylic acids is 1. The molecule has 0 saturated heterocycles. The number of H-pyrrole nitrogens is 2. The smallest absolute Gasteiger partial charge is 0.325 e. The van der Waals surface area contributed by atoms with Gasteiger partial charge in [-0.25, -0.2) is 4.79 Å². The highest BCUT2D eigenvalue weighted by atomic mass is 16.2. The van der Waals surface area contributed by atoms with E-state index in [-0.39, 0.29) is 24.8 Å². The number of carbonyl (C=O) groups is 1. The number of aryl methyl sites for hydroxylation is 1. The highest BCUT2D eigenvalue weighted by molar-refractivity contribution is 5.76. The van der Waals surface area contributed by atoms with Gasteiger partial charge in [-0.2, -0.15) is 0 Å². The predicted molar refractivity (Wildman–Crippen MR) is 81.5 cm³/mol. The van der Waals surface area contributed by atoms with E-state index in [0.29, 0.717) is 11.3 Å². The second kappa shape index (κ2) is 6.84. The van der Waals surface area contributed by atoms with E-state index in [0.717, 1.165) is 5.56 Å². The van der Waals surface area contributed by atoms with Crippen molar-refractivity contribution in [1.29, 1.82) is 0 Å². The Labute approximate surface area is 126 Å². The normalized spacial score (nSPS) is 11.9. The molecule has 0 aliphatic rings. The van der Waals surface area contributed by atoms with Crippen molar-refractivity contribution in [1.82, 2.24) is 20.3 Å². The van der Waals surface area contributed by atoms with E-state index in [2.05, 4.69) is 20.3 Å². The molecule has 0 unspecified atom stereocenters. The third-order valence-corrected chi connectivity index (χ3v) is 3.42. The van der Waals surface area contributed by atoms with E-state index in [4.69, 9.17) is 0 Å². The number of amides is 1. The van der Waals surface area contributed by atoms with Gasteiger partial charge < -0.3 is 10.3 Å². The average Bonchev–Trinajstić information content (AvgIpc) is 2.47. The van der Waals surface area contributed by atoms with Crippen molar-refractivity contribution >= 4 is 5.91 Å². The minimum absolute atomic E-state index is 0.156. The van der Waals surface area contributed by atoms with Gasteiger partial charge in [-0.1, -0.05) is 6.07 Å². The molecule has 1 amide bonds. The summed E-state index contributed by atoms with van der Waals surface area (Å²) in [6, 6.07) is 3.53. The predicted octanol–water partition coefficient (Wildman–Crippen LogP) is 0.577. The second-order valence-electron chi connectivity index (χ2n) is 5.09. The molecule has 0 aliphatic carbocycles. The number of nitrogens with zero attached hydrogens (tertiary/aromatic N) is 1. The molecule has 7 heteroatoms. The van der Waals surface area contributed by atoms with Gasteiger partial charge in [-0.05, 0) is 31.9 Å². The molecule has 2 aromatic rings. The Balaban J connectivity index is 1.96. The second-order valence-corrected chi connectivity index (χ2v) is 5.09. The molecule has 0 saturated carbocycles. The highest BCUT2D eigenvalue weighted by Gasteiger charge is 2.12. The summed E-state index contributed by atoms with van der Waals surface area (Å²) < 4.78 is 0. The molecule has 0 spiro atoms. The van der Waals surface area contributed by atoms with Crippen LogP contribution in [0.3, 0.4) is 0 Å². The van der Waals surface area contributed by atoms with E-state index in [9.17, 15) is 14.4 Å². The summed E-state index contributed by atoms with van der Waals surface area (Å²) in [4.78, 5) is 43.5. The SMILES string of the molecule is Cc1[nH]c(=O)[nH]c(=O)c1CCC(=O)N[C@H](C)c1cccnc1. The van der Waals surface area contributed by atoms with Crippen molar-refractivity contribution in [2.45, 2.75) is 32.7 Å². The number of rotatable bonds is 5. The lowest BCUT2D eigenvalue weighted by molar-refractivity contribution is -0.121. The third-order valence-electron chi connectivity index (χ3n) is 3.42. The highest BCUT2D eigenvalue weighted by Crippen LogP contribution is 2.10. The maximum Gasteiger partial charge on any atom is 0.325 e. The van der Waals surface area contributed by atoms with Gasteiger partial charge in [0.05, 0.1) is 6.04 Å². The van der Waals surface area contributed by atoms with Crippen LogP contribution in [0.15, 0.2) is 34.1 Å². The minimum atomic E-state index is -0.541. The van der Waals surface area contributed by atoms with Gasteiger partial charge in [0.2, 0.25) is 5.91 Å². The monoisotopic (exact) mass is 302 g/mol. The third kappa shape index (κ3) is 3.91. The molecular formula is C15H18N4O3. The van der Waals surface area contributed by atoms with Crippen LogP contribution in [0.2, 0.25) is 0 Å². The van der Waals surface area contributed by atoms with E-state index in [1.165, 1.54) is 0 Å². The molecule has 22 heavy (non-hydrogen) atoms. The number of aromatic nitrogens is 3. The van der Waals surface area contributed by atoms with Gasteiger partial charge in [0, 0.05) is 30.1 Å². The topological polar surface area (TPSA) is 108 Å². The first kappa shape index (κ1) is 15.7. The Bertz CT molecular complexity index is 764. The summed E-state index contributed by atoms with van der Waals surface area (Å²) in [5.74, 6) is -0.165. The number of hydrogen-bond donors (Lipinski definition) is 3. The van der Waals surface area contributed by atoms with Gasteiger partial charge in [-0.3, -0.25) is 19.6 Å². The van der Waals surface area contributed by atoms with Gasteiger partial charge in [-0.15, -0.1) is 0 Å². The summed E-state index contributed by atoms with van der Waals surface area (Å²) in [6.45, 7) is 3.51. The van der Waals surface area contributed by atoms with Crippen LogP contribution < -0.4 is 16.6 Å².